The Bertz CT molecular complexity index is 515. The molecule has 0 atom stereocenters. The highest BCUT2D eigenvalue weighted by molar-refractivity contribution is 9.10. The van der Waals surface area contributed by atoms with Crippen molar-refractivity contribution in [3.05, 3.63) is 40.6 Å². The quantitative estimate of drug-likeness (QED) is 0.846. The molecule has 0 amide bonds. The molecule has 2 N–H and O–H groups in total. The fourth-order valence-corrected chi connectivity index (χ4v) is 2.04. The molecule has 0 bridgehead atoms. The van der Waals surface area contributed by atoms with Crippen LogP contribution in [0.3, 0.4) is 0 Å². The highest BCUT2D eigenvalue weighted by atomic mass is 79.9. The van der Waals surface area contributed by atoms with Gasteiger partial charge in [0, 0.05) is 10.7 Å². The van der Waals surface area contributed by atoms with Gasteiger partial charge in [-0.2, -0.15) is 0 Å². The molecule has 0 spiro atoms. The molecule has 0 aliphatic heterocycles. The zero-order chi connectivity index (χ0) is 13.5. The van der Waals surface area contributed by atoms with E-state index in [9.17, 15) is 0 Å². The molecule has 2 rings (SSSR count). The minimum Gasteiger partial charge on any atom is -0.492 e. The Labute approximate surface area is 120 Å². The van der Waals surface area contributed by atoms with E-state index >= 15 is 0 Å². The van der Waals surface area contributed by atoms with Crippen molar-refractivity contribution in [3.63, 3.8) is 0 Å². The lowest BCUT2D eigenvalue weighted by Gasteiger charge is -2.05. The van der Waals surface area contributed by atoms with Crippen molar-refractivity contribution in [3.8, 4) is 5.75 Å². The standard InChI is InChI=1S/C13H17BrN4O/c14-11-3-1-5-13(9-11)19-8-7-18-10-12(16-17-18)4-2-6-15/h1,3,5,9-10H,2,4,6-8,15H2. The van der Waals surface area contributed by atoms with Crippen molar-refractivity contribution >= 4 is 15.9 Å². The molecule has 0 radical (unpaired) electrons. The van der Waals surface area contributed by atoms with E-state index in [2.05, 4.69) is 26.2 Å². The molecule has 6 heteroatoms. The van der Waals surface area contributed by atoms with Gasteiger partial charge in [-0.3, -0.25) is 0 Å². The molecular formula is C13H17BrN4O. The largest absolute Gasteiger partial charge is 0.492 e. The van der Waals surface area contributed by atoms with E-state index in [0.717, 1.165) is 28.8 Å². The second kappa shape index (κ2) is 7.25. The van der Waals surface area contributed by atoms with Crippen LogP contribution in [0.1, 0.15) is 12.1 Å². The van der Waals surface area contributed by atoms with Gasteiger partial charge in [0.05, 0.1) is 12.2 Å². The van der Waals surface area contributed by atoms with Gasteiger partial charge in [-0.25, -0.2) is 4.68 Å². The van der Waals surface area contributed by atoms with Crippen LogP contribution in [-0.2, 0) is 13.0 Å². The summed E-state index contributed by atoms with van der Waals surface area (Å²) in [5, 5.41) is 8.14. The third kappa shape index (κ3) is 4.65. The molecule has 2 aromatic rings. The van der Waals surface area contributed by atoms with Gasteiger partial charge in [-0.15, -0.1) is 5.10 Å². The van der Waals surface area contributed by atoms with E-state index in [1.54, 1.807) is 4.68 Å². The van der Waals surface area contributed by atoms with Crippen LogP contribution in [0.15, 0.2) is 34.9 Å². The lowest BCUT2D eigenvalue weighted by molar-refractivity contribution is 0.289. The summed E-state index contributed by atoms with van der Waals surface area (Å²) in [5.41, 5.74) is 6.44. The van der Waals surface area contributed by atoms with Crippen LogP contribution in [0.5, 0.6) is 5.75 Å². The third-order valence-corrected chi connectivity index (χ3v) is 3.10. The number of ether oxygens (including phenoxy) is 1. The lowest BCUT2D eigenvalue weighted by atomic mass is 10.2. The predicted octanol–water partition coefficient (Wildman–Crippen LogP) is 2.01. The lowest BCUT2D eigenvalue weighted by Crippen LogP contribution is -2.08. The smallest absolute Gasteiger partial charge is 0.120 e. The monoisotopic (exact) mass is 324 g/mol. The minimum atomic E-state index is 0.566. The summed E-state index contributed by atoms with van der Waals surface area (Å²) in [6.45, 7) is 1.93. The van der Waals surface area contributed by atoms with Crippen LogP contribution in [0.2, 0.25) is 0 Å². The maximum atomic E-state index is 5.64. The van der Waals surface area contributed by atoms with Crippen LogP contribution in [0, 0.1) is 0 Å². The fraction of sp³-hybridized carbons (Fsp3) is 0.385. The van der Waals surface area contributed by atoms with Crippen LogP contribution in [0.4, 0.5) is 0 Å². The van der Waals surface area contributed by atoms with Crippen LogP contribution in [0.25, 0.3) is 0 Å². The summed E-state index contributed by atoms with van der Waals surface area (Å²) in [5.74, 6) is 0.845. The molecule has 0 aliphatic carbocycles. The zero-order valence-corrected chi connectivity index (χ0v) is 12.2. The second-order valence-electron chi connectivity index (χ2n) is 4.17. The number of nitrogens with zero attached hydrogens (tertiary/aromatic N) is 3. The van der Waals surface area contributed by atoms with Crippen molar-refractivity contribution in [2.24, 2.45) is 5.73 Å². The molecule has 0 unspecified atom stereocenters. The van der Waals surface area contributed by atoms with Gasteiger partial charge in [-0.1, -0.05) is 27.2 Å². The van der Waals surface area contributed by atoms with E-state index in [1.165, 1.54) is 0 Å². The second-order valence-corrected chi connectivity index (χ2v) is 5.09. The Kier molecular flexibility index (Phi) is 5.35. The van der Waals surface area contributed by atoms with Crippen molar-refractivity contribution in [2.75, 3.05) is 13.2 Å². The van der Waals surface area contributed by atoms with Gasteiger partial charge in [0.2, 0.25) is 0 Å². The summed E-state index contributed by atoms with van der Waals surface area (Å²) < 4.78 is 8.45. The molecular weight excluding hydrogens is 308 g/mol. The van der Waals surface area contributed by atoms with Crippen molar-refractivity contribution in [1.82, 2.24) is 15.0 Å². The number of halogens is 1. The molecule has 0 fully saturated rings. The Morgan fingerprint density at radius 2 is 2.26 bits per heavy atom. The minimum absolute atomic E-state index is 0.566. The molecule has 1 aromatic heterocycles. The first-order chi connectivity index (χ1) is 9.28. The summed E-state index contributed by atoms with van der Waals surface area (Å²) in [6.07, 6.45) is 3.76. The number of rotatable bonds is 7. The average molecular weight is 325 g/mol. The SMILES string of the molecule is NCCCc1cn(CCOc2cccc(Br)c2)nn1. The fourth-order valence-electron chi connectivity index (χ4n) is 1.66. The van der Waals surface area contributed by atoms with Gasteiger partial charge < -0.3 is 10.5 Å². The van der Waals surface area contributed by atoms with E-state index in [1.807, 2.05) is 30.5 Å². The topological polar surface area (TPSA) is 66.0 Å². The molecule has 1 heterocycles. The molecule has 0 aliphatic rings. The van der Waals surface area contributed by atoms with Crippen LogP contribution < -0.4 is 10.5 Å². The van der Waals surface area contributed by atoms with Gasteiger partial charge >= 0.3 is 0 Å². The number of hydrogen-bond acceptors (Lipinski definition) is 4. The van der Waals surface area contributed by atoms with Gasteiger partial charge in [-0.05, 0) is 37.6 Å². The Balaban J connectivity index is 1.77. The maximum absolute atomic E-state index is 5.64. The Hall–Kier alpha value is -1.40. The van der Waals surface area contributed by atoms with E-state index in [4.69, 9.17) is 10.5 Å². The summed E-state index contributed by atoms with van der Waals surface area (Å²) in [6, 6.07) is 7.78. The number of hydrogen-bond donors (Lipinski definition) is 1. The third-order valence-electron chi connectivity index (χ3n) is 2.61. The van der Waals surface area contributed by atoms with E-state index in [-0.39, 0.29) is 0 Å². The molecule has 0 saturated heterocycles. The van der Waals surface area contributed by atoms with Gasteiger partial charge in [0.1, 0.15) is 12.4 Å². The number of aromatic nitrogens is 3. The van der Waals surface area contributed by atoms with Crippen molar-refractivity contribution < 1.29 is 4.74 Å². The molecule has 102 valence electrons. The van der Waals surface area contributed by atoms with E-state index in [0.29, 0.717) is 19.7 Å². The first kappa shape index (κ1) is 14.0. The summed E-state index contributed by atoms with van der Waals surface area (Å²) in [4.78, 5) is 0. The first-order valence-electron chi connectivity index (χ1n) is 6.25. The maximum Gasteiger partial charge on any atom is 0.120 e. The van der Waals surface area contributed by atoms with Crippen LogP contribution >= 0.6 is 15.9 Å². The summed E-state index contributed by atoms with van der Waals surface area (Å²) >= 11 is 3.41. The predicted molar refractivity (Wildman–Crippen MR) is 77.0 cm³/mol. The Morgan fingerprint density at radius 1 is 1.37 bits per heavy atom. The molecule has 0 saturated carbocycles. The zero-order valence-electron chi connectivity index (χ0n) is 10.6. The first-order valence-corrected chi connectivity index (χ1v) is 7.04. The van der Waals surface area contributed by atoms with Crippen LogP contribution in [-0.4, -0.2) is 28.1 Å². The highest BCUT2D eigenvalue weighted by Gasteiger charge is 2.01. The number of nitrogens with two attached hydrogens (primary N) is 1. The Morgan fingerprint density at radius 3 is 3.05 bits per heavy atom. The molecule has 19 heavy (non-hydrogen) atoms. The number of aryl methyl sites for hydroxylation is 1. The summed E-state index contributed by atoms with van der Waals surface area (Å²) in [7, 11) is 0. The van der Waals surface area contributed by atoms with E-state index < -0.39 is 0 Å². The normalized spacial score (nSPS) is 10.6. The van der Waals surface area contributed by atoms with Crippen molar-refractivity contribution in [1.29, 1.82) is 0 Å². The van der Waals surface area contributed by atoms with Gasteiger partial charge in [0.15, 0.2) is 0 Å². The number of benzene rings is 1. The highest BCUT2D eigenvalue weighted by Crippen LogP contribution is 2.17. The molecule has 5 nitrogen and oxygen atoms in total. The molecule has 1 aromatic carbocycles. The average Bonchev–Trinajstić information content (AvgIpc) is 2.84. The van der Waals surface area contributed by atoms with Gasteiger partial charge in [0.25, 0.3) is 0 Å². The van der Waals surface area contributed by atoms with Crippen molar-refractivity contribution in [2.45, 2.75) is 19.4 Å².